The van der Waals surface area contributed by atoms with E-state index < -0.39 is 12.2 Å². The number of para-hydroxylation sites is 1. The van der Waals surface area contributed by atoms with Crippen LogP contribution >= 0.6 is 0 Å². The van der Waals surface area contributed by atoms with Gasteiger partial charge in [0.2, 0.25) is 5.91 Å². The van der Waals surface area contributed by atoms with Gasteiger partial charge >= 0.3 is 6.09 Å². The first-order valence-corrected chi connectivity index (χ1v) is 11.7. The van der Waals surface area contributed by atoms with Gasteiger partial charge in [-0.2, -0.15) is 0 Å². The minimum absolute atomic E-state index is 0.0850. The molecule has 1 N–H and O–H groups in total. The molecule has 0 aromatic heterocycles. The van der Waals surface area contributed by atoms with E-state index >= 15 is 0 Å². The Labute approximate surface area is 206 Å². The highest BCUT2D eigenvalue weighted by atomic mass is 16.6. The maximum absolute atomic E-state index is 12.6. The first-order chi connectivity index (χ1) is 16.9. The van der Waals surface area contributed by atoms with Crippen molar-refractivity contribution in [1.82, 2.24) is 0 Å². The lowest BCUT2D eigenvalue weighted by Crippen LogP contribution is -2.28. The second kappa shape index (κ2) is 10.5. The molecule has 7 nitrogen and oxygen atoms in total. The highest BCUT2D eigenvalue weighted by Crippen LogP contribution is 2.31. The molecule has 7 heteroatoms. The number of ether oxygens (including phenoxy) is 2. The van der Waals surface area contributed by atoms with Crippen LogP contribution in [-0.4, -0.2) is 37.8 Å². The molecule has 0 radical (unpaired) electrons. The third-order valence-electron chi connectivity index (χ3n) is 6.01. The average molecular weight is 474 g/mol. The first kappa shape index (κ1) is 24.1. The number of anilines is 4. The summed E-state index contributed by atoms with van der Waals surface area (Å²) >= 11 is 0. The highest BCUT2D eigenvalue weighted by Gasteiger charge is 2.34. The minimum atomic E-state index is -0.580. The number of hydrogen-bond donors (Lipinski definition) is 1. The van der Waals surface area contributed by atoms with Crippen molar-refractivity contribution in [2.45, 2.75) is 39.3 Å². The van der Waals surface area contributed by atoms with Crippen molar-refractivity contribution in [3.8, 4) is 5.75 Å². The third-order valence-corrected chi connectivity index (χ3v) is 6.01. The van der Waals surface area contributed by atoms with Crippen LogP contribution in [-0.2, 0) is 9.53 Å². The zero-order chi connectivity index (χ0) is 24.9. The Morgan fingerprint density at radius 1 is 1.03 bits per heavy atom. The molecular weight excluding hydrogens is 442 g/mol. The zero-order valence-corrected chi connectivity index (χ0v) is 20.5. The second-order valence-corrected chi connectivity index (χ2v) is 8.86. The van der Waals surface area contributed by atoms with E-state index in [0.29, 0.717) is 18.0 Å². The number of methoxy groups -OCH3 is 1. The van der Waals surface area contributed by atoms with Crippen molar-refractivity contribution < 1.29 is 19.1 Å². The van der Waals surface area contributed by atoms with Crippen LogP contribution in [0.5, 0.6) is 5.75 Å². The normalized spacial score (nSPS) is 15.3. The molecule has 35 heavy (non-hydrogen) atoms. The highest BCUT2D eigenvalue weighted by molar-refractivity contribution is 5.97. The molecule has 0 spiro atoms. The zero-order valence-electron chi connectivity index (χ0n) is 20.5. The third kappa shape index (κ3) is 5.57. The van der Waals surface area contributed by atoms with Gasteiger partial charge in [0.15, 0.2) is 0 Å². The van der Waals surface area contributed by atoms with Crippen LogP contribution in [0.15, 0.2) is 72.8 Å². The number of amides is 2. The largest absolute Gasteiger partial charge is 0.497 e. The quantitative estimate of drug-likeness (QED) is 0.462. The van der Waals surface area contributed by atoms with Gasteiger partial charge in [0.1, 0.15) is 11.9 Å². The maximum atomic E-state index is 12.6. The molecule has 182 valence electrons. The van der Waals surface area contributed by atoms with Crippen LogP contribution in [0.1, 0.15) is 25.8 Å². The van der Waals surface area contributed by atoms with E-state index in [1.165, 1.54) is 0 Å². The van der Waals surface area contributed by atoms with Crippen LogP contribution in [0.2, 0.25) is 0 Å². The number of carbonyl (C=O) groups is 2. The fourth-order valence-electron chi connectivity index (χ4n) is 4.33. The van der Waals surface area contributed by atoms with Crippen molar-refractivity contribution in [2.75, 3.05) is 28.8 Å². The first-order valence-electron chi connectivity index (χ1n) is 11.7. The molecule has 0 saturated carbocycles. The number of rotatable bonds is 7. The number of nitrogens with one attached hydrogen (secondary N) is 1. The number of hydrogen-bond acceptors (Lipinski definition) is 5. The summed E-state index contributed by atoms with van der Waals surface area (Å²) in [6.07, 6.45) is -0.964. The Hall–Kier alpha value is -4.00. The summed E-state index contributed by atoms with van der Waals surface area (Å²) in [5, 5.41) is 2.77. The summed E-state index contributed by atoms with van der Waals surface area (Å²) in [6, 6.07) is 23.6. The van der Waals surface area contributed by atoms with Crippen LogP contribution in [0.3, 0.4) is 0 Å². The fraction of sp³-hybridized carbons (Fsp3) is 0.286. The van der Waals surface area contributed by atoms with Gasteiger partial charge in [-0.15, -0.1) is 0 Å². The van der Waals surface area contributed by atoms with Crippen molar-refractivity contribution in [3.05, 3.63) is 78.4 Å². The average Bonchev–Trinajstić information content (AvgIpc) is 3.20. The Morgan fingerprint density at radius 2 is 1.71 bits per heavy atom. The maximum Gasteiger partial charge on any atom is 0.411 e. The van der Waals surface area contributed by atoms with E-state index in [-0.39, 0.29) is 18.4 Å². The summed E-state index contributed by atoms with van der Waals surface area (Å²) in [4.78, 5) is 29.0. The second-order valence-electron chi connectivity index (χ2n) is 8.86. The van der Waals surface area contributed by atoms with Crippen LogP contribution < -0.4 is 19.9 Å². The molecule has 4 rings (SSSR count). The topological polar surface area (TPSA) is 71.1 Å². The molecule has 0 aliphatic carbocycles. The molecule has 1 aliphatic rings. The molecule has 1 unspecified atom stereocenters. The summed E-state index contributed by atoms with van der Waals surface area (Å²) < 4.78 is 10.9. The lowest BCUT2D eigenvalue weighted by molar-refractivity contribution is -0.117. The molecule has 1 fully saturated rings. The molecule has 1 saturated heterocycles. The van der Waals surface area contributed by atoms with Crippen LogP contribution in [0.4, 0.5) is 27.5 Å². The van der Waals surface area contributed by atoms with Crippen molar-refractivity contribution in [1.29, 1.82) is 0 Å². The number of aryl methyl sites for hydroxylation is 1. The van der Waals surface area contributed by atoms with Gasteiger partial charge in [-0.3, -0.25) is 10.1 Å². The molecule has 1 heterocycles. The molecular formula is C28H31N3O4. The van der Waals surface area contributed by atoms with Crippen LogP contribution in [0, 0.1) is 6.92 Å². The summed E-state index contributed by atoms with van der Waals surface area (Å²) in [7, 11) is 1.59. The Morgan fingerprint density at radius 3 is 2.37 bits per heavy atom. The molecule has 2 amide bonds. The van der Waals surface area contributed by atoms with Gasteiger partial charge in [-0.1, -0.05) is 24.3 Å². The van der Waals surface area contributed by atoms with E-state index in [1.807, 2.05) is 67.6 Å². The summed E-state index contributed by atoms with van der Waals surface area (Å²) in [6.45, 7) is 6.51. The van der Waals surface area contributed by atoms with E-state index in [1.54, 1.807) is 12.0 Å². The Bertz CT molecular complexity index is 1180. The predicted molar refractivity (Wildman–Crippen MR) is 139 cm³/mol. The number of nitrogens with zero attached hydrogens (tertiary/aromatic N) is 2. The van der Waals surface area contributed by atoms with Crippen molar-refractivity contribution >= 4 is 34.7 Å². The van der Waals surface area contributed by atoms with Gasteiger partial charge in [0.05, 0.1) is 25.8 Å². The van der Waals surface area contributed by atoms with E-state index in [2.05, 4.69) is 36.2 Å². The molecule has 3 aromatic carbocycles. The standard InChI is InChI=1S/C28H31N3O4/c1-19(2)31(22-8-6-5-7-9-22)23-13-11-21(12-14-23)29-28(33)35-25-17-27(32)30(18-25)26-16-24(34-4)15-10-20(26)3/h5-16,19,25H,17-18H2,1-4H3,(H,29,33). The lowest BCUT2D eigenvalue weighted by Gasteiger charge is -2.29. The van der Waals surface area contributed by atoms with Crippen molar-refractivity contribution in [3.63, 3.8) is 0 Å². The SMILES string of the molecule is COc1ccc(C)c(N2CC(OC(=O)Nc3ccc(N(c4ccccc4)C(C)C)cc3)CC2=O)c1. The summed E-state index contributed by atoms with van der Waals surface area (Å²) in [5.41, 5.74) is 4.47. The van der Waals surface area contributed by atoms with Gasteiger partial charge < -0.3 is 19.3 Å². The van der Waals surface area contributed by atoms with E-state index in [9.17, 15) is 9.59 Å². The Kier molecular flexibility index (Phi) is 7.25. The van der Waals surface area contributed by atoms with Crippen molar-refractivity contribution in [2.24, 2.45) is 0 Å². The Balaban J connectivity index is 1.38. The van der Waals surface area contributed by atoms with E-state index in [0.717, 1.165) is 22.6 Å². The van der Waals surface area contributed by atoms with Gasteiger partial charge in [-0.25, -0.2) is 4.79 Å². The van der Waals surface area contributed by atoms with Gasteiger partial charge in [0.25, 0.3) is 0 Å². The molecule has 3 aromatic rings. The number of benzene rings is 3. The molecule has 1 atom stereocenters. The molecule has 0 bridgehead atoms. The smallest absolute Gasteiger partial charge is 0.411 e. The van der Waals surface area contributed by atoms with Crippen LogP contribution in [0.25, 0.3) is 0 Å². The van der Waals surface area contributed by atoms with E-state index in [4.69, 9.17) is 9.47 Å². The monoisotopic (exact) mass is 473 g/mol. The van der Waals surface area contributed by atoms with Gasteiger partial charge in [0, 0.05) is 29.2 Å². The lowest BCUT2D eigenvalue weighted by atomic mass is 10.1. The minimum Gasteiger partial charge on any atom is -0.497 e. The van der Waals surface area contributed by atoms with Gasteiger partial charge in [-0.05, 0) is 68.8 Å². The summed E-state index contributed by atoms with van der Waals surface area (Å²) in [5.74, 6) is 0.588. The predicted octanol–water partition coefficient (Wildman–Crippen LogP) is 5.90. The molecule has 1 aliphatic heterocycles. The fourth-order valence-corrected chi connectivity index (χ4v) is 4.33. The number of carbonyl (C=O) groups excluding carboxylic acids is 2.